The largest absolute Gasteiger partial charge is 0.480 e. The van der Waals surface area contributed by atoms with Crippen LogP contribution in [0, 0.1) is 0 Å². The molecule has 0 radical (unpaired) electrons. The first-order chi connectivity index (χ1) is 11.1. The molecule has 23 heavy (non-hydrogen) atoms. The molecule has 0 saturated heterocycles. The fourth-order valence-corrected chi connectivity index (χ4v) is 2.19. The molecule has 8 heteroatoms. The predicted molar refractivity (Wildman–Crippen MR) is 84.4 cm³/mol. The number of anilines is 1. The van der Waals surface area contributed by atoms with E-state index in [0.717, 1.165) is 12.0 Å². The van der Waals surface area contributed by atoms with Crippen LogP contribution in [-0.2, 0) is 13.5 Å². The number of nitrogens with one attached hydrogen (secondary N) is 1. The van der Waals surface area contributed by atoms with Gasteiger partial charge in [-0.15, -0.1) is 0 Å². The highest BCUT2D eigenvalue weighted by Gasteiger charge is 2.15. The Morgan fingerprint density at radius 3 is 2.96 bits per heavy atom. The minimum Gasteiger partial charge on any atom is -0.480 e. The lowest BCUT2D eigenvalue weighted by molar-refractivity contribution is 0.102. The zero-order valence-corrected chi connectivity index (χ0v) is 13.1. The van der Waals surface area contributed by atoms with Gasteiger partial charge in [0.25, 0.3) is 5.91 Å². The molecule has 0 aliphatic heterocycles. The van der Waals surface area contributed by atoms with Crippen LogP contribution in [0.4, 0.5) is 5.95 Å². The number of aromatic nitrogens is 5. The van der Waals surface area contributed by atoms with Crippen LogP contribution in [0.1, 0.15) is 23.0 Å². The second-order valence-electron chi connectivity index (χ2n) is 4.92. The summed E-state index contributed by atoms with van der Waals surface area (Å²) in [7, 11) is 3.26. The van der Waals surface area contributed by atoms with Gasteiger partial charge in [-0.05, 0) is 24.1 Å². The van der Waals surface area contributed by atoms with Crippen LogP contribution < -0.4 is 10.1 Å². The van der Waals surface area contributed by atoms with Crippen molar-refractivity contribution in [3.8, 4) is 5.88 Å². The summed E-state index contributed by atoms with van der Waals surface area (Å²) in [5.41, 5.74) is 1.92. The highest BCUT2D eigenvalue weighted by Crippen LogP contribution is 2.23. The molecule has 3 aromatic heterocycles. The van der Waals surface area contributed by atoms with Gasteiger partial charge in [0.05, 0.1) is 13.3 Å². The number of pyridine rings is 1. The lowest BCUT2D eigenvalue weighted by Crippen LogP contribution is -2.16. The maximum Gasteiger partial charge on any atom is 0.276 e. The van der Waals surface area contributed by atoms with Gasteiger partial charge >= 0.3 is 0 Å². The van der Waals surface area contributed by atoms with Crippen molar-refractivity contribution in [2.75, 3.05) is 12.4 Å². The van der Waals surface area contributed by atoms with E-state index in [1.165, 1.54) is 7.11 Å². The minimum atomic E-state index is -0.371. The highest BCUT2D eigenvalue weighted by molar-refractivity contribution is 6.02. The van der Waals surface area contributed by atoms with Gasteiger partial charge in [0.15, 0.2) is 5.65 Å². The maximum absolute atomic E-state index is 12.3. The first kappa shape index (κ1) is 14.9. The zero-order valence-electron chi connectivity index (χ0n) is 13.1. The number of hydrogen-bond acceptors (Lipinski definition) is 6. The number of carbonyl (C=O) groups is 1. The van der Waals surface area contributed by atoms with E-state index < -0.39 is 0 Å². The van der Waals surface area contributed by atoms with Crippen LogP contribution in [0.3, 0.4) is 0 Å². The van der Waals surface area contributed by atoms with Gasteiger partial charge in [0.2, 0.25) is 11.8 Å². The average Bonchev–Trinajstić information content (AvgIpc) is 2.95. The second-order valence-corrected chi connectivity index (χ2v) is 4.92. The van der Waals surface area contributed by atoms with Crippen LogP contribution in [0.5, 0.6) is 5.88 Å². The van der Waals surface area contributed by atoms with Crippen molar-refractivity contribution in [1.29, 1.82) is 0 Å². The molecule has 0 atom stereocenters. The molecule has 0 aliphatic carbocycles. The van der Waals surface area contributed by atoms with E-state index in [2.05, 4.69) is 25.4 Å². The lowest BCUT2D eigenvalue weighted by atomic mass is 10.2. The first-order valence-corrected chi connectivity index (χ1v) is 7.12. The SMILES string of the molecule is CCc1ccnc(C(=O)Nc2nc(OC)c3cnn(C)c3n2)c1. The third-order valence-electron chi connectivity index (χ3n) is 3.44. The molecule has 0 unspecified atom stereocenters. The Balaban J connectivity index is 1.94. The van der Waals surface area contributed by atoms with E-state index in [1.807, 2.05) is 13.0 Å². The predicted octanol–water partition coefficient (Wildman–Crippen LogP) is 1.58. The molecule has 8 nitrogen and oxygen atoms in total. The van der Waals surface area contributed by atoms with E-state index in [9.17, 15) is 4.79 Å². The molecule has 3 rings (SSSR count). The van der Waals surface area contributed by atoms with Gasteiger partial charge in [0, 0.05) is 13.2 Å². The van der Waals surface area contributed by atoms with Gasteiger partial charge in [-0.25, -0.2) is 0 Å². The molecule has 0 saturated carbocycles. The Morgan fingerprint density at radius 2 is 2.22 bits per heavy atom. The summed E-state index contributed by atoms with van der Waals surface area (Å²) < 4.78 is 6.82. The van der Waals surface area contributed by atoms with Crippen LogP contribution in [0.15, 0.2) is 24.5 Å². The van der Waals surface area contributed by atoms with Crippen LogP contribution in [0.25, 0.3) is 11.0 Å². The number of hydrogen-bond donors (Lipinski definition) is 1. The molecule has 1 N–H and O–H groups in total. The first-order valence-electron chi connectivity index (χ1n) is 7.12. The summed E-state index contributed by atoms with van der Waals surface area (Å²) in [6, 6.07) is 3.62. The van der Waals surface area contributed by atoms with Crippen molar-refractivity contribution in [2.24, 2.45) is 7.05 Å². The van der Waals surface area contributed by atoms with Crippen molar-refractivity contribution in [3.63, 3.8) is 0 Å². The number of amides is 1. The fourth-order valence-electron chi connectivity index (χ4n) is 2.19. The normalized spacial score (nSPS) is 10.7. The molecule has 1 amide bonds. The van der Waals surface area contributed by atoms with Gasteiger partial charge in [-0.3, -0.25) is 19.8 Å². The molecule has 118 valence electrons. The number of ether oxygens (including phenoxy) is 1. The monoisotopic (exact) mass is 312 g/mol. The number of aryl methyl sites for hydroxylation is 2. The number of nitrogens with zero attached hydrogens (tertiary/aromatic N) is 5. The van der Waals surface area contributed by atoms with Gasteiger partial charge in [0.1, 0.15) is 11.1 Å². The average molecular weight is 312 g/mol. The van der Waals surface area contributed by atoms with Gasteiger partial charge in [-0.1, -0.05) is 6.92 Å². The molecule has 3 heterocycles. The third kappa shape index (κ3) is 2.83. The molecular weight excluding hydrogens is 296 g/mol. The van der Waals surface area contributed by atoms with Crippen molar-refractivity contribution in [3.05, 3.63) is 35.8 Å². The van der Waals surface area contributed by atoms with Crippen molar-refractivity contribution >= 4 is 22.9 Å². The van der Waals surface area contributed by atoms with Gasteiger partial charge < -0.3 is 4.74 Å². The van der Waals surface area contributed by atoms with E-state index in [-0.39, 0.29) is 11.9 Å². The van der Waals surface area contributed by atoms with Crippen LogP contribution >= 0.6 is 0 Å². The standard InChI is InChI=1S/C15H16N6O2/c1-4-9-5-6-16-11(7-9)13(22)19-15-18-12-10(8-17-21(12)2)14(20-15)23-3/h5-8H,4H2,1-3H3,(H,18,19,20,22). The molecule has 0 spiro atoms. The number of rotatable bonds is 4. The molecule has 0 aromatic carbocycles. The van der Waals surface area contributed by atoms with Crippen molar-refractivity contribution in [1.82, 2.24) is 24.7 Å². The smallest absolute Gasteiger partial charge is 0.276 e. The minimum absolute atomic E-state index is 0.145. The Labute approximate surface area is 132 Å². The highest BCUT2D eigenvalue weighted by atomic mass is 16.5. The summed E-state index contributed by atoms with van der Waals surface area (Å²) in [4.78, 5) is 24.9. The van der Waals surface area contributed by atoms with Crippen molar-refractivity contribution in [2.45, 2.75) is 13.3 Å². The van der Waals surface area contributed by atoms with Crippen molar-refractivity contribution < 1.29 is 9.53 Å². The summed E-state index contributed by atoms with van der Waals surface area (Å²) in [6.45, 7) is 2.02. The molecule has 3 aromatic rings. The van der Waals surface area contributed by atoms with E-state index >= 15 is 0 Å². The molecule has 0 aliphatic rings. The van der Waals surface area contributed by atoms with Crippen LogP contribution in [-0.4, -0.2) is 37.7 Å². The van der Waals surface area contributed by atoms with E-state index in [4.69, 9.17) is 4.74 Å². The summed E-state index contributed by atoms with van der Waals surface area (Å²) in [5.74, 6) is 0.129. The Bertz CT molecular complexity index is 874. The van der Waals surface area contributed by atoms with Crippen LogP contribution in [0.2, 0.25) is 0 Å². The Hall–Kier alpha value is -3.03. The van der Waals surface area contributed by atoms with E-state index in [0.29, 0.717) is 22.6 Å². The topological polar surface area (TPSA) is 94.8 Å². The summed E-state index contributed by atoms with van der Waals surface area (Å²) in [5, 5.41) is 7.44. The van der Waals surface area contributed by atoms with E-state index in [1.54, 1.807) is 30.2 Å². The zero-order chi connectivity index (χ0) is 16.4. The Kier molecular flexibility index (Phi) is 3.88. The maximum atomic E-state index is 12.3. The van der Waals surface area contributed by atoms with Gasteiger partial charge in [-0.2, -0.15) is 15.1 Å². The fraction of sp³-hybridized carbons (Fsp3) is 0.267. The molecule has 0 bridgehead atoms. The summed E-state index contributed by atoms with van der Waals surface area (Å²) >= 11 is 0. The summed E-state index contributed by atoms with van der Waals surface area (Å²) in [6.07, 6.45) is 4.06. The number of carbonyl (C=O) groups excluding carboxylic acids is 1. The second kappa shape index (κ2) is 5.99. The lowest BCUT2D eigenvalue weighted by Gasteiger charge is -2.07. The molecular formula is C15H16N6O2. The number of fused-ring (bicyclic) bond motifs is 1. The Morgan fingerprint density at radius 1 is 1.39 bits per heavy atom. The third-order valence-corrected chi connectivity index (χ3v) is 3.44. The number of methoxy groups -OCH3 is 1. The quantitative estimate of drug-likeness (QED) is 0.786. The molecule has 0 fully saturated rings.